The zero-order valence-electron chi connectivity index (χ0n) is 22.9. The van der Waals surface area contributed by atoms with Crippen LogP contribution in [-0.2, 0) is 0 Å². The molecule has 0 aliphatic carbocycles. The van der Waals surface area contributed by atoms with Crippen molar-refractivity contribution in [2.75, 3.05) is 84.6 Å². The van der Waals surface area contributed by atoms with Crippen LogP contribution >= 0.6 is 0 Å². The minimum absolute atomic E-state index is 0.757. The lowest BCUT2D eigenvalue weighted by Gasteiger charge is -2.25. The maximum atomic E-state index is 5.10. The van der Waals surface area contributed by atoms with E-state index in [1.165, 1.54) is 0 Å². The molecule has 2 rings (SSSR count). The third-order valence-corrected chi connectivity index (χ3v) is 5.03. The zero-order chi connectivity index (χ0) is 25.7. The molecule has 0 amide bonds. The molecule has 0 bridgehead atoms. The van der Waals surface area contributed by atoms with Crippen molar-refractivity contribution >= 4 is 45.7 Å². The summed E-state index contributed by atoms with van der Waals surface area (Å²) in [5.74, 6) is 2.49. The highest BCUT2D eigenvalue weighted by Gasteiger charge is 2.17. The van der Waals surface area contributed by atoms with Crippen molar-refractivity contribution in [2.24, 2.45) is 15.0 Å². The first-order chi connectivity index (χ1) is 15.8. The van der Waals surface area contributed by atoms with E-state index in [-0.39, 0.29) is 0 Å². The van der Waals surface area contributed by atoms with E-state index >= 15 is 0 Å². The van der Waals surface area contributed by atoms with Crippen molar-refractivity contribution in [3.63, 3.8) is 0 Å². The van der Waals surface area contributed by atoms with Crippen LogP contribution in [0.3, 0.4) is 0 Å². The maximum Gasteiger partial charge on any atom is 0.200 e. The molecule has 34 heavy (non-hydrogen) atoms. The predicted octanol–water partition coefficient (Wildman–Crippen LogP) is 3.17. The minimum atomic E-state index is 0.757. The standard InChI is InChI=1S/C25H41N9/c1-29(2)23(30(3)4)26-20-17-21(27-24(31(5)6)32(7)8)22(19-16-14-13-15-18(19)20)28-25(33(9)10)34(11)12/h13-17H,1-12H3. The van der Waals surface area contributed by atoms with Crippen molar-refractivity contribution in [1.29, 1.82) is 0 Å². The van der Waals surface area contributed by atoms with Gasteiger partial charge in [0, 0.05) is 95.3 Å². The van der Waals surface area contributed by atoms with E-state index in [0.717, 1.165) is 45.7 Å². The molecule has 0 saturated heterocycles. The fraction of sp³-hybridized carbons (Fsp3) is 0.480. The first kappa shape index (κ1) is 26.8. The van der Waals surface area contributed by atoms with E-state index in [4.69, 9.17) is 15.0 Å². The molecule has 0 aliphatic heterocycles. The fourth-order valence-corrected chi connectivity index (χ4v) is 3.74. The molecule has 2 aromatic carbocycles. The Hall–Kier alpha value is -3.49. The van der Waals surface area contributed by atoms with Crippen LogP contribution in [0.5, 0.6) is 0 Å². The van der Waals surface area contributed by atoms with E-state index in [1.807, 2.05) is 132 Å². The second-order valence-electron chi connectivity index (χ2n) is 9.41. The number of hydrogen-bond acceptors (Lipinski definition) is 3. The summed E-state index contributed by atoms with van der Waals surface area (Å²) in [7, 11) is 23.9. The second-order valence-corrected chi connectivity index (χ2v) is 9.41. The molecule has 2 aromatic rings. The number of fused-ring (bicyclic) bond motifs is 1. The van der Waals surface area contributed by atoms with Crippen molar-refractivity contribution < 1.29 is 0 Å². The molecule has 0 fully saturated rings. The Labute approximate surface area is 205 Å². The highest BCUT2D eigenvalue weighted by Crippen LogP contribution is 2.42. The molecule has 0 saturated carbocycles. The number of aliphatic imine (C=N–C) groups is 3. The lowest BCUT2D eigenvalue weighted by atomic mass is 10.1. The Kier molecular flexibility index (Phi) is 8.73. The Morgan fingerprint density at radius 2 is 0.824 bits per heavy atom. The van der Waals surface area contributed by atoms with Crippen LogP contribution in [-0.4, -0.2) is 132 Å². The second kappa shape index (κ2) is 11.1. The third-order valence-electron chi connectivity index (χ3n) is 5.03. The lowest BCUT2D eigenvalue weighted by molar-refractivity contribution is 0.483. The largest absolute Gasteiger partial charge is 0.349 e. The number of hydrogen-bond donors (Lipinski definition) is 0. The van der Waals surface area contributed by atoms with Crippen LogP contribution in [0.1, 0.15) is 0 Å². The molecule has 186 valence electrons. The van der Waals surface area contributed by atoms with Gasteiger partial charge in [-0.05, 0) is 6.07 Å². The maximum absolute atomic E-state index is 5.10. The van der Waals surface area contributed by atoms with Crippen LogP contribution in [0, 0.1) is 0 Å². The zero-order valence-corrected chi connectivity index (χ0v) is 22.9. The van der Waals surface area contributed by atoms with Crippen LogP contribution in [0.15, 0.2) is 45.3 Å². The normalized spacial score (nSPS) is 10.4. The molecular weight excluding hydrogens is 426 g/mol. The number of guanidine groups is 3. The van der Waals surface area contributed by atoms with Gasteiger partial charge in [0.1, 0.15) is 5.69 Å². The topological polar surface area (TPSA) is 56.5 Å². The summed E-state index contributed by atoms with van der Waals surface area (Å²) in [6.45, 7) is 0. The Balaban J connectivity index is 3.06. The van der Waals surface area contributed by atoms with Gasteiger partial charge in [0.2, 0.25) is 17.9 Å². The predicted molar refractivity (Wildman–Crippen MR) is 147 cm³/mol. The Morgan fingerprint density at radius 3 is 1.24 bits per heavy atom. The first-order valence-electron chi connectivity index (χ1n) is 11.2. The van der Waals surface area contributed by atoms with Crippen molar-refractivity contribution in [2.45, 2.75) is 0 Å². The van der Waals surface area contributed by atoms with Crippen LogP contribution in [0.4, 0.5) is 17.1 Å². The van der Waals surface area contributed by atoms with Crippen LogP contribution in [0.2, 0.25) is 0 Å². The van der Waals surface area contributed by atoms with Gasteiger partial charge in [0.25, 0.3) is 0 Å². The number of nitrogens with zero attached hydrogens (tertiary/aromatic N) is 9. The molecule has 0 aromatic heterocycles. The van der Waals surface area contributed by atoms with Gasteiger partial charge < -0.3 is 29.4 Å². The quantitative estimate of drug-likeness (QED) is 0.511. The molecule has 0 heterocycles. The summed E-state index contributed by atoms with van der Waals surface area (Å²) in [5.41, 5.74) is 2.41. The van der Waals surface area contributed by atoms with Gasteiger partial charge in [0.05, 0.1) is 11.4 Å². The fourth-order valence-electron chi connectivity index (χ4n) is 3.74. The molecule has 9 nitrogen and oxygen atoms in total. The summed E-state index contributed by atoms with van der Waals surface area (Å²) in [4.78, 5) is 27.2. The molecule has 0 spiro atoms. The molecule has 9 heteroatoms. The Morgan fingerprint density at radius 1 is 0.471 bits per heavy atom. The van der Waals surface area contributed by atoms with Gasteiger partial charge in [-0.3, -0.25) is 0 Å². The molecule has 0 N–H and O–H groups in total. The van der Waals surface area contributed by atoms with Gasteiger partial charge in [-0.2, -0.15) is 0 Å². The summed E-state index contributed by atoms with van der Waals surface area (Å²) in [5, 5.41) is 2.02. The van der Waals surface area contributed by atoms with Gasteiger partial charge in [-0.15, -0.1) is 0 Å². The molecule has 0 radical (unpaired) electrons. The van der Waals surface area contributed by atoms with Gasteiger partial charge in [-0.1, -0.05) is 24.3 Å². The van der Waals surface area contributed by atoms with E-state index in [0.29, 0.717) is 0 Å². The van der Waals surface area contributed by atoms with E-state index in [1.54, 1.807) is 0 Å². The third kappa shape index (κ3) is 6.09. The number of benzene rings is 2. The SMILES string of the molecule is CN(C)C(=Nc1cc(N=C(N(C)C)N(C)C)c2ccccc2c1N=C(N(C)C)N(C)C)N(C)C. The average molecular weight is 468 g/mol. The van der Waals surface area contributed by atoms with E-state index in [2.05, 4.69) is 12.1 Å². The average Bonchev–Trinajstić information content (AvgIpc) is 2.73. The number of rotatable bonds is 3. The van der Waals surface area contributed by atoms with Crippen molar-refractivity contribution in [3.05, 3.63) is 30.3 Å². The molecular formula is C25H41N9. The summed E-state index contributed by atoms with van der Waals surface area (Å²) < 4.78 is 0. The van der Waals surface area contributed by atoms with Crippen LogP contribution in [0.25, 0.3) is 10.8 Å². The van der Waals surface area contributed by atoms with Crippen molar-refractivity contribution in [1.82, 2.24) is 29.4 Å². The summed E-state index contributed by atoms with van der Waals surface area (Å²) >= 11 is 0. The molecule has 0 atom stereocenters. The van der Waals surface area contributed by atoms with E-state index < -0.39 is 0 Å². The highest BCUT2D eigenvalue weighted by molar-refractivity contribution is 6.08. The van der Waals surface area contributed by atoms with E-state index in [9.17, 15) is 0 Å². The lowest BCUT2D eigenvalue weighted by Crippen LogP contribution is -2.35. The van der Waals surface area contributed by atoms with Crippen molar-refractivity contribution in [3.8, 4) is 0 Å². The molecule has 0 aliphatic rings. The Bertz CT molecular complexity index is 1050. The van der Waals surface area contributed by atoms with Crippen LogP contribution < -0.4 is 0 Å². The van der Waals surface area contributed by atoms with Gasteiger partial charge in [0.15, 0.2) is 0 Å². The first-order valence-corrected chi connectivity index (χ1v) is 11.2. The summed E-state index contributed by atoms with van der Waals surface area (Å²) in [6.07, 6.45) is 0. The minimum Gasteiger partial charge on any atom is -0.349 e. The summed E-state index contributed by atoms with van der Waals surface area (Å²) in [6, 6.07) is 10.3. The molecule has 0 unspecified atom stereocenters. The van der Waals surface area contributed by atoms with Gasteiger partial charge in [-0.25, -0.2) is 15.0 Å². The highest BCUT2D eigenvalue weighted by atomic mass is 15.4. The monoisotopic (exact) mass is 467 g/mol. The smallest absolute Gasteiger partial charge is 0.200 e. The van der Waals surface area contributed by atoms with Gasteiger partial charge >= 0.3 is 0 Å².